The number of nitrogens with one attached hydrogen (secondary N) is 2. The number of anilines is 1. The van der Waals surface area contributed by atoms with Crippen LogP contribution in [-0.4, -0.2) is 21.6 Å². The lowest BCUT2D eigenvalue weighted by atomic mass is 10.2. The van der Waals surface area contributed by atoms with E-state index in [1.54, 1.807) is 0 Å². The van der Waals surface area contributed by atoms with Gasteiger partial charge in [0.2, 0.25) is 5.91 Å². The Labute approximate surface area is 136 Å². The molecule has 0 saturated heterocycles. The Morgan fingerprint density at radius 1 is 1.22 bits per heavy atom. The molecular weight excluding hydrogens is 310 g/mol. The SMILES string of the molecule is O=C(CSc1nc2ccccc2o1)Nc1ccc2cc[nH]c2c1. The van der Waals surface area contributed by atoms with Gasteiger partial charge in [-0.25, -0.2) is 4.98 Å². The van der Waals surface area contributed by atoms with Gasteiger partial charge in [-0.1, -0.05) is 30.0 Å². The van der Waals surface area contributed by atoms with Crippen molar-refractivity contribution in [1.82, 2.24) is 9.97 Å². The van der Waals surface area contributed by atoms with Crippen LogP contribution in [0.4, 0.5) is 5.69 Å². The highest BCUT2D eigenvalue weighted by atomic mass is 32.2. The number of thioether (sulfide) groups is 1. The van der Waals surface area contributed by atoms with E-state index < -0.39 is 0 Å². The first-order valence-electron chi connectivity index (χ1n) is 7.13. The average Bonchev–Trinajstić information content (AvgIpc) is 3.18. The van der Waals surface area contributed by atoms with Crippen molar-refractivity contribution in [3.05, 3.63) is 54.7 Å². The van der Waals surface area contributed by atoms with Crippen molar-refractivity contribution < 1.29 is 9.21 Å². The number of hydrogen-bond acceptors (Lipinski definition) is 4. The van der Waals surface area contributed by atoms with E-state index in [0.717, 1.165) is 27.7 Å². The lowest BCUT2D eigenvalue weighted by molar-refractivity contribution is -0.113. The molecule has 4 rings (SSSR count). The van der Waals surface area contributed by atoms with Gasteiger partial charge in [-0.15, -0.1) is 0 Å². The maximum absolute atomic E-state index is 12.1. The van der Waals surface area contributed by atoms with Crippen LogP contribution in [0.25, 0.3) is 22.0 Å². The summed E-state index contributed by atoms with van der Waals surface area (Å²) in [5.41, 5.74) is 3.29. The third kappa shape index (κ3) is 2.93. The molecule has 0 aliphatic carbocycles. The molecule has 0 atom stereocenters. The first-order chi connectivity index (χ1) is 11.3. The first kappa shape index (κ1) is 13.9. The van der Waals surface area contributed by atoms with Crippen LogP contribution in [0.5, 0.6) is 0 Å². The summed E-state index contributed by atoms with van der Waals surface area (Å²) < 4.78 is 5.58. The van der Waals surface area contributed by atoms with Gasteiger partial charge in [0.25, 0.3) is 5.22 Å². The van der Waals surface area contributed by atoms with Crippen LogP contribution in [0.3, 0.4) is 0 Å². The highest BCUT2D eigenvalue weighted by Crippen LogP contribution is 2.23. The topological polar surface area (TPSA) is 70.9 Å². The highest BCUT2D eigenvalue weighted by Gasteiger charge is 2.09. The fourth-order valence-electron chi connectivity index (χ4n) is 2.36. The molecule has 2 N–H and O–H groups in total. The van der Waals surface area contributed by atoms with Gasteiger partial charge in [0, 0.05) is 17.4 Å². The Morgan fingerprint density at radius 2 is 2.13 bits per heavy atom. The fraction of sp³-hybridized carbons (Fsp3) is 0.0588. The van der Waals surface area contributed by atoms with Crippen LogP contribution in [0, 0.1) is 0 Å². The summed E-state index contributed by atoms with van der Waals surface area (Å²) in [5.74, 6) is 0.151. The second kappa shape index (κ2) is 5.81. The molecule has 0 fully saturated rings. The van der Waals surface area contributed by atoms with Gasteiger partial charge in [0.15, 0.2) is 5.58 Å². The van der Waals surface area contributed by atoms with E-state index in [2.05, 4.69) is 15.3 Å². The molecule has 0 radical (unpaired) electrons. The molecule has 4 aromatic rings. The Hall–Kier alpha value is -2.73. The van der Waals surface area contributed by atoms with Crippen molar-refractivity contribution in [2.24, 2.45) is 0 Å². The summed E-state index contributed by atoms with van der Waals surface area (Å²) in [6, 6.07) is 15.3. The zero-order valence-corrected chi connectivity index (χ0v) is 12.9. The molecule has 6 heteroatoms. The molecular formula is C17H13N3O2S. The number of nitrogens with zero attached hydrogens (tertiary/aromatic N) is 1. The monoisotopic (exact) mass is 323 g/mol. The largest absolute Gasteiger partial charge is 0.431 e. The minimum absolute atomic E-state index is 0.0943. The Bertz CT molecular complexity index is 957. The number of aromatic amines is 1. The number of carbonyl (C=O) groups excluding carboxylic acids is 1. The highest BCUT2D eigenvalue weighted by molar-refractivity contribution is 7.99. The molecule has 23 heavy (non-hydrogen) atoms. The van der Waals surface area contributed by atoms with Crippen molar-refractivity contribution in [3.8, 4) is 0 Å². The van der Waals surface area contributed by atoms with Crippen molar-refractivity contribution in [2.45, 2.75) is 5.22 Å². The fourth-order valence-corrected chi connectivity index (χ4v) is 3.00. The molecule has 0 aliphatic rings. The van der Waals surface area contributed by atoms with Crippen molar-refractivity contribution in [3.63, 3.8) is 0 Å². The molecule has 2 heterocycles. The summed E-state index contributed by atoms with van der Waals surface area (Å²) in [6.45, 7) is 0. The summed E-state index contributed by atoms with van der Waals surface area (Å²) in [6.07, 6.45) is 1.87. The first-order valence-corrected chi connectivity index (χ1v) is 8.12. The third-order valence-electron chi connectivity index (χ3n) is 3.44. The number of H-pyrrole nitrogens is 1. The summed E-state index contributed by atoms with van der Waals surface area (Å²) in [4.78, 5) is 19.5. The lowest BCUT2D eigenvalue weighted by Crippen LogP contribution is -2.13. The van der Waals surface area contributed by atoms with Crippen LogP contribution in [0.1, 0.15) is 0 Å². The van der Waals surface area contributed by atoms with Crippen molar-refractivity contribution in [1.29, 1.82) is 0 Å². The Balaban J connectivity index is 1.41. The van der Waals surface area contributed by atoms with E-state index in [1.165, 1.54) is 11.8 Å². The van der Waals surface area contributed by atoms with Gasteiger partial charge >= 0.3 is 0 Å². The lowest BCUT2D eigenvalue weighted by Gasteiger charge is -2.04. The molecule has 0 unspecified atom stereocenters. The minimum atomic E-state index is -0.0943. The normalized spacial score (nSPS) is 11.1. The van der Waals surface area contributed by atoms with Gasteiger partial charge in [-0.2, -0.15) is 0 Å². The Kier molecular flexibility index (Phi) is 3.51. The molecule has 2 aromatic heterocycles. The van der Waals surface area contributed by atoms with Gasteiger partial charge < -0.3 is 14.7 Å². The quantitative estimate of drug-likeness (QED) is 0.556. The second-order valence-corrected chi connectivity index (χ2v) is 5.99. The van der Waals surface area contributed by atoms with Gasteiger partial charge in [0.1, 0.15) is 5.52 Å². The molecule has 0 bridgehead atoms. The zero-order valence-electron chi connectivity index (χ0n) is 12.1. The van der Waals surface area contributed by atoms with E-state index in [1.807, 2.05) is 54.7 Å². The molecule has 2 aromatic carbocycles. The van der Waals surface area contributed by atoms with Crippen LogP contribution in [-0.2, 0) is 4.79 Å². The van der Waals surface area contributed by atoms with E-state index in [4.69, 9.17) is 4.42 Å². The number of carbonyl (C=O) groups is 1. The molecule has 5 nitrogen and oxygen atoms in total. The number of amides is 1. The van der Waals surface area contributed by atoms with Crippen molar-refractivity contribution in [2.75, 3.05) is 11.1 Å². The number of rotatable bonds is 4. The minimum Gasteiger partial charge on any atom is -0.431 e. The molecule has 0 spiro atoms. The number of benzene rings is 2. The van der Waals surface area contributed by atoms with Gasteiger partial charge in [-0.3, -0.25) is 4.79 Å². The van der Waals surface area contributed by atoms with Crippen molar-refractivity contribution >= 4 is 45.4 Å². The van der Waals surface area contributed by atoms with E-state index in [-0.39, 0.29) is 11.7 Å². The number of fused-ring (bicyclic) bond motifs is 2. The summed E-state index contributed by atoms with van der Waals surface area (Å²) in [7, 11) is 0. The van der Waals surface area contributed by atoms with E-state index in [9.17, 15) is 4.79 Å². The van der Waals surface area contributed by atoms with Crippen LogP contribution >= 0.6 is 11.8 Å². The van der Waals surface area contributed by atoms with E-state index in [0.29, 0.717) is 5.22 Å². The van der Waals surface area contributed by atoms with Gasteiger partial charge in [-0.05, 0) is 35.7 Å². The molecule has 0 aliphatic heterocycles. The molecule has 1 amide bonds. The van der Waals surface area contributed by atoms with E-state index >= 15 is 0 Å². The standard InChI is InChI=1S/C17H13N3O2S/c21-16(19-12-6-5-11-7-8-18-14(11)9-12)10-23-17-20-13-3-1-2-4-15(13)22-17/h1-9,18H,10H2,(H,19,21). The van der Waals surface area contributed by atoms with Crippen LogP contribution < -0.4 is 5.32 Å². The average molecular weight is 323 g/mol. The predicted molar refractivity (Wildman–Crippen MR) is 91.7 cm³/mol. The number of para-hydroxylation sites is 2. The van der Waals surface area contributed by atoms with Crippen LogP contribution in [0.15, 0.2) is 64.4 Å². The summed E-state index contributed by atoms with van der Waals surface area (Å²) >= 11 is 1.28. The molecule has 0 saturated carbocycles. The third-order valence-corrected chi connectivity index (χ3v) is 4.27. The number of oxazole rings is 1. The maximum Gasteiger partial charge on any atom is 0.257 e. The van der Waals surface area contributed by atoms with Gasteiger partial charge in [0.05, 0.1) is 5.75 Å². The van der Waals surface area contributed by atoms with Crippen LogP contribution in [0.2, 0.25) is 0 Å². The number of hydrogen-bond donors (Lipinski definition) is 2. The Morgan fingerprint density at radius 3 is 3.04 bits per heavy atom. The summed E-state index contributed by atoms with van der Waals surface area (Å²) in [5, 5.41) is 4.49. The molecule has 114 valence electrons. The number of aromatic nitrogens is 2. The maximum atomic E-state index is 12.1. The zero-order chi connectivity index (χ0) is 15.6. The smallest absolute Gasteiger partial charge is 0.257 e. The second-order valence-electron chi connectivity index (χ2n) is 5.06. The predicted octanol–water partition coefficient (Wildman–Crippen LogP) is 4.04.